The van der Waals surface area contributed by atoms with Crippen LogP contribution in [0.3, 0.4) is 0 Å². The maximum atomic E-state index is 10.3. The minimum Gasteiger partial charge on any atom is -0.490 e. The lowest BCUT2D eigenvalue weighted by atomic mass is 10.0. The van der Waals surface area contributed by atoms with E-state index < -0.39 is 6.10 Å². The van der Waals surface area contributed by atoms with Gasteiger partial charge < -0.3 is 14.7 Å². The van der Waals surface area contributed by atoms with Crippen molar-refractivity contribution < 1.29 is 9.84 Å². The second-order valence-corrected chi connectivity index (χ2v) is 8.73. The van der Waals surface area contributed by atoms with Gasteiger partial charge >= 0.3 is 0 Å². The van der Waals surface area contributed by atoms with Gasteiger partial charge in [0.1, 0.15) is 18.5 Å². The Morgan fingerprint density at radius 1 is 1.27 bits per heavy atom. The van der Waals surface area contributed by atoms with E-state index in [4.69, 9.17) is 16.3 Å². The molecule has 2 atom stereocenters. The third kappa shape index (κ3) is 5.81. The van der Waals surface area contributed by atoms with E-state index in [-0.39, 0.29) is 6.61 Å². The summed E-state index contributed by atoms with van der Waals surface area (Å²) in [6.45, 7) is 7.57. The van der Waals surface area contributed by atoms with Crippen molar-refractivity contribution in [1.29, 1.82) is 0 Å². The highest BCUT2D eigenvalue weighted by Crippen LogP contribution is 2.28. The number of piperazine rings is 1. The van der Waals surface area contributed by atoms with Crippen LogP contribution in [0.2, 0.25) is 5.02 Å². The van der Waals surface area contributed by atoms with Crippen molar-refractivity contribution in [3.63, 3.8) is 0 Å². The van der Waals surface area contributed by atoms with Gasteiger partial charge in [-0.1, -0.05) is 11.6 Å². The van der Waals surface area contributed by atoms with Crippen molar-refractivity contribution in [2.75, 3.05) is 59.5 Å². The summed E-state index contributed by atoms with van der Waals surface area (Å²) in [5, 5.41) is 11.0. The molecule has 0 spiro atoms. The minimum atomic E-state index is -0.495. The van der Waals surface area contributed by atoms with Crippen LogP contribution in [-0.2, 0) is 0 Å². The van der Waals surface area contributed by atoms with E-state index >= 15 is 0 Å². The Morgan fingerprint density at radius 3 is 2.73 bits per heavy atom. The van der Waals surface area contributed by atoms with Crippen LogP contribution >= 0.6 is 27.5 Å². The molecule has 1 N–H and O–H groups in total. The van der Waals surface area contributed by atoms with E-state index in [0.717, 1.165) is 30.7 Å². The number of aliphatic hydroxyl groups is 1. The number of benzene rings is 1. The molecule has 2 heterocycles. The van der Waals surface area contributed by atoms with E-state index in [1.165, 1.54) is 25.9 Å². The summed E-state index contributed by atoms with van der Waals surface area (Å²) in [5.41, 5.74) is 0. The molecule has 0 aromatic heterocycles. The first-order chi connectivity index (χ1) is 12.5. The quantitative estimate of drug-likeness (QED) is 0.727. The molecule has 0 bridgehead atoms. The molecule has 7 heteroatoms. The summed E-state index contributed by atoms with van der Waals surface area (Å²) >= 11 is 9.37. The van der Waals surface area contributed by atoms with Gasteiger partial charge in [-0.25, -0.2) is 0 Å². The van der Waals surface area contributed by atoms with Crippen LogP contribution in [0.25, 0.3) is 0 Å². The first-order valence-electron chi connectivity index (χ1n) is 9.42. The molecule has 0 aliphatic carbocycles. The largest absolute Gasteiger partial charge is 0.490 e. The molecule has 2 aliphatic rings. The second kappa shape index (κ2) is 9.71. The number of likely N-dealkylation sites (N-methyl/N-ethyl adjacent to an activating group) is 1. The first-order valence-corrected chi connectivity index (χ1v) is 10.6. The molecule has 3 rings (SSSR count). The fraction of sp³-hybridized carbons (Fsp3) is 0.684. The smallest absolute Gasteiger partial charge is 0.133 e. The van der Waals surface area contributed by atoms with Crippen LogP contribution in [0, 0.1) is 0 Å². The molecule has 0 radical (unpaired) electrons. The summed E-state index contributed by atoms with van der Waals surface area (Å²) in [6, 6.07) is 6.10. The van der Waals surface area contributed by atoms with Crippen molar-refractivity contribution in [3.8, 4) is 5.75 Å². The summed E-state index contributed by atoms with van der Waals surface area (Å²) in [7, 11) is 2.22. The van der Waals surface area contributed by atoms with Gasteiger partial charge in [0.05, 0.1) is 4.47 Å². The molecule has 0 amide bonds. The van der Waals surface area contributed by atoms with Crippen LogP contribution < -0.4 is 4.74 Å². The van der Waals surface area contributed by atoms with Gasteiger partial charge in [0.15, 0.2) is 0 Å². The first kappa shape index (κ1) is 20.4. The Labute approximate surface area is 170 Å². The number of hydrogen-bond donors (Lipinski definition) is 1. The zero-order valence-corrected chi connectivity index (χ0v) is 17.8. The number of aliphatic hydroxyl groups excluding tert-OH is 1. The highest BCUT2D eigenvalue weighted by molar-refractivity contribution is 9.10. The van der Waals surface area contributed by atoms with Crippen molar-refractivity contribution in [2.45, 2.75) is 25.0 Å². The van der Waals surface area contributed by atoms with Crippen molar-refractivity contribution >= 4 is 27.5 Å². The lowest BCUT2D eigenvalue weighted by Gasteiger charge is -2.43. The van der Waals surface area contributed by atoms with Gasteiger partial charge in [0.25, 0.3) is 0 Å². The fourth-order valence-electron chi connectivity index (χ4n) is 3.88. The number of likely N-dealkylation sites (tertiary alicyclic amines) is 1. The average molecular weight is 447 g/mol. The highest BCUT2D eigenvalue weighted by atomic mass is 79.9. The SMILES string of the molecule is CN1CCCC(N2CCN(CC(O)COc3ccc(Cl)cc3Br)CC2)C1. The maximum Gasteiger partial charge on any atom is 0.133 e. The third-order valence-electron chi connectivity index (χ3n) is 5.32. The normalized spacial score (nSPS) is 24.5. The molecule has 1 aromatic rings. The number of rotatable bonds is 6. The number of halogens is 2. The van der Waals surface area contributed by atoms with Crippen molar-refractivity contribution in [1.82, 2.24) is 14.7 Å². The lowest BCUT2D eigenvalue weighted by Crippen LogP contribution is -2.55. The topological polar surface area (TPSA) is 39.2 Å². The van der Waals surface area contributed by atoms with Gasteiger partial charge in [0.2, 0.25) is 0 Å². The summed E-state index contributed by atoms with van der Waals surface area (Å²) < 4.78 is 6.53. The van der Waals surface area contributed by atoms with E-state index in [9.17, 15) is 5.11 Å². The van der Waals surface area contributed by atoms with Crippen LogP contribution in [-0.4, -0.2) is 91.4 Å². The number of ether oxygens (including phenoxy) is 1. The van der Waals surface area contributed by atoms with Crippen molar-refractivity contribution in [2.24, 2.45) is 0 Å². The molecule has 5 nitrogen and oxygen atoms in total. The van der Waals surface area contributed by atoms with Gasteiger partial charge in [0, 0.05) is 50.3 Å². The molecule has 26 heavy (non-hydrogen) atoms. The predicted octanol–water partition coefficient (Wildman–Crippen LogP) is 2.55. The summed E-state index contributed by atoms with van der Waals surface area (Å²) in [4.78, 5) is 7.41. The second-order valence-electron chi connectivity index (χ2n) is 7.43. The highest BCUT2D eigenvalue weighted by Gasteiger charge is 2.27. The third-order valence-corrected chi connectivity index (χ3v) is 6.17. The Kier molecular flexibility index (Phi) is 7.61. The molecule has 0 saturated carbocycles. The molecule has 2 aliphatic heterocycles. The van der Waals surface area contributed by atoms with Gasteiger partial charge in [-0.3, -0.25) is 9.80 Å². The van der Waals surface area contributed by atoms with Crippen LogP contribution in [0.1, 0.15) is 12.8 Å². The number of hydrogen-bond acceptors (Lipinski definition) is 5. The average Bonchev–Trinajstić information content (AvgIpc) is 2.61. The van der Waals surface area contributed by atoms with E-state index in [1.807, 2.05) is 6.07 Å². The number of β-amino-alcohol motifs (C(OH)–C–C–N with tert-alkyl or cyclic N) is 1. The Morgan fingerprint density at radius 2 is 2.04 bits per heavy atom. The Bertz CT molecular complexity index is 584. The molecule has 146 valence electrons. The van der Waals surface area contributed by atoms with Crippen LogP contribution in [0.15, 0.2) is 22.7 Å². The maximum absolute atomic E-state index is 10.3. The van der Waals surface area contributed by atoms with Gasteiger partial charge in [-0.05, 0) is 60.6 Å². The van der Waals surface area contributed by atoms with Crippen LogP contribution in [0.4, 0.5) is 0 Å². The van der Waals surface area contributed by atoms with E-state index in [1.54, 1.807) is 12.1 Å². The zero-order valence-electron chi connectivity index (χ0n) is 15.4. The van der Waals surface area contributed by atoms with E-state index in [0.29, 0.717) is 23.4 Å². The van der Waals surface area contributed by atoms with Gasteiger partial charge in [-0.15, -0.1) is 0 Å². The molecular weight excluding hydrogens is 418 g/mol. The van der Waals surface area contributed by atoms with Gasteiger partial charge in [-0.2, -0.15) is 0 Å². The standard InChI is InChI=1S/C19H29BrClN3O2/c1-22-6-2-3-16(12-22)24-9-7-23(8-10-24)13-17(25)14-26-19-5-4-15(21)11-18(19)20/h4-5,11,16-17,25H,2-3,6-10,12-14H2,1H3. The Hall–Kier alpha value is -0.370. The summed E-state index contributed by atoms with van der Waals surface area (Å²) in [6.07, 6.45) is 2.12. The molecule has 2 saturated heterocycles. The predicted molar refractivity (Wildman–Crippen MR) is 109 cm³/mol. The van der Waals surface area contributed by atoms with Crippen LogP contribution in [0.5, 0.6) is 5.75 Å². The zero-order chi connectivity index (χ0) is 18.5. The number of nitrogens with zero attached hydrogens (tertiary/aromatic N) is 3. The number of piperidine rings is 1. The van der Waals surface area contributed by atoms with E-state index in [2.05, 4.69) is 37.7 Å². The minimum absolute atomic E-state index is 0.286. The molecule has 2 unspecified atom stereocenters. The molecule has 2 fully saturated rings. The lowest BCUT2D eigenvalue weighted by molar-refractivity contribution is 0.0246. The fourth-order valence-corrected chi connectivity index (χ4v) is 4.67. The van der Waals surface area contributed by atoms with Crippen molar-refractivity contribution in [3.05, 3.63) is 27.7 Å². The summed E-state index contributed by atoms with van der Waals surface area (Å²) in [5.74, 6) is 0.708. The monoisotopic (exact) mass is 445 g/mol. The Balaban J connectivity index is 1.38. The molecule has 1 aromatic carbocycles. The molecular formula is C19H29BrClN3O2.